The third-order valence-corrected chi connectivity index (χ3v) is 6.95. The molecule has 1 saturated heterocycles. The monoisotopic (exact) mass is 462 g/mol. The molecule has 180 valence electrons. The van der Waals surface area contributed by atoms with E-state index in [1.54, 1.807) is 22.0 Å². The average molecular weight is 463 g/mol. The van der Waals surface area contributed by atoms with Crippen molar-refractivity contribution < 1.29 is 19.8 Å². The first kappa shape index (κ1) is 24.2. The fourth-order valence-corrected chi connectivity index (χ4v) is 4.97. The second-order valence-corrected chi connectivity index (χ2v) is 9.28. The van der Waals surface area contributed by atoms with Gasteiger partial charge in [-0.15, -0.1) is 0 Å². The Kier molecular flexibility index (Phi) is 7.49. The Morgan fingerprint density at radius 1 is 1.06 bits per heavy atom. The quantitative estimate of drug-likeness (QED) is 0.602. The van der Waals surface area contributed by atoms with Crippen LogP contribution in [0.25, 0.3) is 0 Å². The molecule has 2 atom stereocenters. The van der Waals surface area contributed by atoms with Crippen molar-refractivity contribution in [3.8, 4) is 0 Å². The number of fused-ring (bicyclic) bond motifs is 1. The molecule has 0 radical (unpaired) electrons. The highest BCUT2D eigenvalue weighted by atomic mass is 16.3. The maximum atomic E-state index is 13.7. The van der Waals surface area contributed by atoms with Gasteiger partial charge in [0.05, 0.1) is 12.2 Å². The van der Waals surface area contributed by atoms with Crippen LogP contribution in [0, 0.1) is 5.92 Å². The molecule has 34 heavy (non-hydrogen) atoms. The first-order valence-corrected chi connectivity index (χ1v) is 12.3. The van der Waals surface area contributed by atoms with E-state index in [1.165, 1.54) is 0 Å². The topological polar surface area (TPSA) is 81.1 Å². The first-order chi connectivity index (χ1) is 16.5. The van der Waals surface area contributed by atoms with Gasteiger partial charge in [-0.3, -0.25) is 9.59 Å². The van der Waals surface area contributed by atoms with E-state index in [2.05, 4.69) is 0 Å². The molecular formula is C28H34N2O4. The zero-order chi connectivity index (χ0) is 24.1. The fourth-order valence-electron chi connectivity index (χ4n) is 4.97. The van der Waals surface area contributed by atoms with Crippen molar-refractivity contribution in [1.82, 2.24) is 0 Å². The summed E-state index contributed by atoms with van der Waals surface area (Å²) in [6, 6.07) is 15.3. The van der Waals surface area contributed by atoms with Crippen LogP contribution >= 0.6 is 0 Å². The zero-order valence-corrected chi connectivity index (χ0v) is 19.8. The normalized spacial score (nSPS) is 22.1. The number of rotatable bonds is 7. The Morgan fingerprint density at radius 2 is 1.82 bits per heavy atom. The van der Waals surface area contributed by atoms with Gasteiger partial charge in [0.1, 0.15) is 0 Å². The zero-order valence-electron chi connectivity index (χ0n) is 19.8. The summed E-state index contributed by atoms with van der Waals surface area (Å²) in [4.78, 5) is 30.0. The van der Waals surface area contributed by atoms with Gasteiger partial charge in [0.15, 0.2) is 5.60 Å². The molecule has 2 amide bonds. The average Bonchev–Trinajstić information content (AvgIpc) is 3.05. The fraction of sp³-hybridized carbons (Fsp3) is 0.429. The van der Waals surface area contributed by atoms with Crippen molar-refractivity contribution in [1.29, 1.82) is 0 Å². The number of aliphatic hydroxyl groups is 2. The summed E-state index contributed by atoms with van der Waals surface area (Å²) >= 11 is 0. The molecular weight excluding hydrogens is 428 g/mol. The highest BCUT2D eigenvalue weighted by Crippen LogP contribution is 2.47. The van der Waals surface area contributed by atoms with E-state index >= 15 is 0 Å². The van der Waals surface area contributed by atoms with E-state index in [0.29, 0.717) is 37.2 Å². The number of nitrogens with zero attached hydrogens (tertiary/aromatic N) is 2. The van der Waals surface area contributed by atoms with Crippen LogP contribution in [0.4, 0.5) is 11.4 Å². The SMILES string of the molecule is C[C@@H](/C=C/CCO)[C@]1(O)C(=O)N(Cc2ccccc2)c2ccc(N3CCCCCCC3=O)cc21. The molecule has 0 spiro atoms. The summed E-state index contributed by atoms with van der Waals surface area (Å²) in [5.41, 5.74) is 1.14. The largest absolute Gasteiger partial charge is 0.396 e. The minimum Gasteiger partial charge on any atom is -0.396 e. The number of carbonyl (C=O) groups is 2. The molecule has 2 aliphatic heterocycles. The van der Waals surface area contributed by atoms with Gasteiger partial charge in [0.2, 0.25) is 5.91 Å². The molecule has 0 unspecified atom stereocenters. The Morgan fingerprint density at radius 3 is 2.59 bits per heavy atom. The van der Waals surface area contributed by atoms with Gasteiger partial charge in [0, 0.05) is 36.7 Å². The summed E-state index contributed by atoms with van der Waals surface area (Å²) < 4.78 is 0. The maximum absolute atomic E-state index is 13.7. The summed E-state index contributed by atoms with van der Waals surface area (Å²) in [5.74, 6) is -0.794. The van der Waals surface area contributed by atoms with Crippen molar-refractivity contribution in [2.45, 2.75) is 57.6 Å². The number of carbonyl (C=O) groups excluding carboxylic acids is 2. The molecule has 2 heterocycles. The highest BCUT2D eigenvalue weighted by molar-refractivity contribution is 6.08. The molecule has 1 fully saturated rings. The van der Waals surface area contributed by atoms with Gasteiger partial charge in [-0.1, -0.05) is 62.2 Å². The number of anilines is 2. The molecule has 0 saturated carbocycles. The van der Waals surface area contributed by atoms with Crippen LogP contribution in [0.5, 0.6) is 0 Å². The Bertz CT molecular complexity index is 1050. The third kappa shape index (κ3) is 4.65. The van der Waals surface area contributed by atoms with Gasteiger partial charge in [-0.05, 0) is 43.0 Å². The smallest absolute Gasteiger partial charge is 0.264 e. The summed E-state index contributed by atoms with van der Waals surface area (Å²) in [5, 5.41) is 21.1. The van der Waals surface area contributed by atoms with E-state index in [4.69, 9.17) is 5.11 Å². The van der Waals surface area contributed by atoms with Crippen molar-refractivity contribution in [2.24, 2.45) is 5.92 Å². The van der Waals surface area contributed by atoms with Gasteiger partial charge >= 0.3 is 0 Å². The third-order valence-electron chi connectivity index (χ3n) is 6.95. The number of hydrogen-bond acceptors (Lipinski definition) is 4. The highest BCUT2D eigenvalue weighted by Gasteiger charge is 2.52. The van der Waals surface area contributed by atoms with Crippen molar-refractivity contribution in [3.05, 3.63) is 71.8 Å². The van der Waals surface area contributed by atoms with E-state index in [0.717, 1.165) is 36.9 Å². The number of amides is 2. The second-order valence-electron chi connectivity index (χ2n) is 9.28. The predicted octanol–water partition coefficient (Wildman–Crippen LogP) is 4.29. The first-order valence-electron chi connectivity index (χ1n) is 12.3. The summed E-state index contributed by atoms with van der Waals surface area (Å²) in [6.07, 6.45) is 8.54. The van der Waals surface area contributed by atoms with Crippen LogP contribution in [0.15, 0.2) is 60.7 Å². The Labute approximate surface area is 201 Å². The lowest BCUT2D eigenvalue weighted by Crippen LogP contribution is -2.44. The Hall–Kier alpha value is -2.96. The minimum absolute atomic E-state index is 0.00747. The van der Waals surface area contributed by atoms with Crippen molar-refractivity contribution in [3.63, 3.8) is 0 Å². The van der Waals surface area contributed by atoms with Crippen LogP contribution in [0.2, 0.25) is 0 Å². The molecule has 0 bridgehead atoms. The number of hydrogen-bond donors (Lipinski definition) is 2. The van der Waals surface area contributed by atoms with Gasteiger partial charge in [-0.25, -0.2) is 0 Å². The van der Waals surface area contributed by atoms with Crippen LogP contribution in [0.1, 0.15) is 56.6 Å². The molecule has 4 rings (SSSR count). The minimum atomic E-state index is -1.75. The maximum Gasteiger partial charge on any atom is 0.264 e. The Balaban J connectivity index is 1.76. The molecule has 0 aliphatic carbocycles. The van der Waals surface area contributed by atoms with Crippen LogP contribution in [-0.4, -0.2) is 35.2 Å². The lowest BCUT2D eigenvalue weighted by Gasteiger charge is -2.29. The summed E-state index contributed by atoms with van der Waals surface area (Å²) in [7, 11) is 0. The van der Waals surface area contributed by atoms with Crippen LogP contribution < -0.4 is 9.80 Å². The molecule has 6 heteroatoms. The van der Waals surface area contributed by atoms with Gasteiger partial charge in [0.25, 0.3) is 5.91 Å². The van der Waals surface area contributed by atoms with E-state index < -0.39 is 11.5 Å². The molecule has 0 aromatic heterocycles. The molecule has 2 aromatic rings. The predicted molar refractivity (Wildman–Crippen MR) is 133 cm³/mol. The molecule has 2 aliphatic rings. The van der Waals surface area contributed by atoms with Gasteiger partial charge in [-0.2, -0.15) is 0 Å². The molecule has 2 N–H and O–H groups in total. The van der Waals surface area contributed by atoms with E-state index in [9.17, 15) is 14.7 Å². The number of benzene rings is 2. The lowest BCUT2D eigenvalue weighted by atomic mass is 9.82. The molecule has 6 nitrogen and oxygen atoms in total. The molecule has 2 aromatic carbocycles. The summed E-state index contributed by atoms with van der Waals surface area (Å²) in [6.45, 7) is 2.82. The lowest BCUT2D eigenvalue weighted by molar-refractivity contribution is -0.139. The van der Waals surface area contributed by atoms with Gasteiger partial charge < -0.3 is 20.0 Å². The standard InChI is InChI=1S/C28H34N2O4/c1-21(11-8-10-18-31)28(34)24-19-23(29-17-9-3-2-7-14-26(29)32)15-16-25(24)30(27(28)33)20-22-12-5-4-6-13-22/h4-6,8,11-13,15-16,19,21,31,34H,2-3,7,9-10,14,17-18,20H2,1H3/b11-8+/t21-,28+/m0/s1. The number of aliphatic hydroxyl groups excluding tert-OH is 1. The second kappa shape index (κ2) is 10.5. The van der Waals surface area contributed by atoms with Crippen LogP contribution in [0.3, 0.4) is 0 Å². The van der Waals surface area contributed by atoms with E-state index in [-0.39, 0.29) is 18.4 Å². The van der Waals surface area contributed by atoms with Crippen molar-refractivity contribution >= 4 is 23.2 Å². The van der Waals surface area contributed by atoms with Crippen molar-refractivity contribution in [2.75, 3.05) is 23.0 Å². The van der Waals surface area contributed by atoms with Crippen LogP contribution in [-0.2, 0) is 21.7 Å². The van der Waals surface area contributed by atoms with E-state index in [1.807, 2.05) is 55.5 Å².